The second kappa shape index (κ2) is 7.13. The molecule has 0 spiro atoms. The van der Waals surface area contributed by atoms with Gasteiger partial charge in [-0.1, -0.05) is 32.0 Å². The molecule has 0 aromatic heterocycles. The van der Waals surface area contributed by atoms with Crippen molar-refractivity contribution in [2.45, 2.75) is 39.7 Å². The molecule has 1 aromatic rings. The zero-order valence-electron chi connectivity index (χ0n) is 13.4. The summed E-state index contributed by atoms with van der Waals surface area (Å²) in [6, 6.07) is 10.2. The summed E-state index contributed by atoms with van der Waals surface area (Å²) >= 11 is 0. The van der Waals surface area contributed by atoms with Crippen LogP contribution in [0.4, 0.5) is 5.69 Å². The first-order chi connectivity index (χ1) is 10.5. The number of carbonyl (C=O) groups excluding carboxylic acids is 1. The molecule has 0 N–H and O–H groups in total. The SMILES string of the molecule is CC(C)CCOC(=O)/C(C#N)=C/N1c2ccccc2CC1C. The van der Waals surface area contributed by atoms with Gasteiger partial charge < -0.3 is 9.64 Å². The molecule has 1 aliphatic rings. The quantitative estimate of drug-likeness (QED) is 0.475. The van der Waals surface area contributed by atoms with Gasteiger partial charge in [0.15, 0.2) is 5.57 Å². The Morgan fingerprint density at radius 1 is 1.50 bits per heavy atom. The van der Waals surface area contributed by atoms with Crippen LogP contribution >= 0.6 is 0 Å². The molecule has 2 rings (SSSR count). The largest absolute Gasteiger partial charge is 0.462 e. The van der Waals surface area contributed by atoms with E-state index in [1.165, 1.54) is 5.56 Å². The molecule has 4 heteroatoms. The second-order valence-electron chi connectivity index (χ2n) is 6.06. The van der Waals surface area contributed by atoms with Gasteiger partial charge in [0.2, 0.25) is 0 Å². The summed E-state index contributed by atoms with van der Waals surface area (Å²) in [6.45, 7) is 6.56. The number of rotatable bonds is 5. The Bertz CT molecular complexity index is 614. The minimum Gasteiger partial charge on any atom is -0.462 e. The Kier molecular flexibility index (Phi) is 5.21. The highest BCUT2D eigenvalue weighted by molar-refractivity contribution is 5.93. The highest BCUT2D eigenvalue weighted by atomic mass is 16.5. The van der Waals surface area contributed by atoms with Gasteiger partial charge in [-0.2, -0.15) is 5.26 Å². The lowest BCUT2D eigenvalue weighted by Crippen LogP contribution is -2.25. The number of ether oxygens (including phenoxy) is 1. The molecule has 0 saturated heterocycles. The van der Waals surface area contributed by atoms with Gasteiger partial charge >= 0.3 is 5.97 Å². The number of benzene rings is 1. The fourth-order valence-electron chi connectivity index (χ4n) is 2.52. The van der Waals surface area contributed by atoms with Crippen LogP contribution in [0.25, 0.3) is 0 Å². The zero-order valence-corrected chi connectivity index (χ0v) is 13.4. The van der Waals surface area contributed by atoms with E-state index in [1.54, 1.807) is 6.20 Å². The normalized spacial score (nSPS) is 17.3. The van der Waals surface area contributed by atoms with E-state index in [2.05, 4.69) is 26.8 Å². The molecule has 1 aromatic carbocycles. The average molecular weight is 298 g/mol. The van der Waals surface area contributed by atoms with Crippen LogP contribution < -0.4 is 4.90 Å². The maximum absolute atomic E-state index is 12.0. The summed E-state index contributed by atoms with van der Waals surface area (Å²) in [6.07, 6.45) is 3.33. The molecule has 1 atom stereocenters. The van der Waals surface area contributed by atoms with Gasteiger partial charge in [0.25, 0.3) is 0 Å². The maximum atomic E-state index is 12.0. The van der Waals surface area contributed by atoms with E-state index in [9.17, 15) is 10.1 Å². The molecular weight excluding hydrogens is 276 g/mol. The summed E-state index contributed by atoms with van der Waals surface area (Å²) in [5.41, 5.74) is 2.33. The minimum absolute atomic E-state index is 0.0484. The molecule has 0 aliphatic carbocycles. The number of esters is 1. The van der Waals surface area contributed by atoms with Gasteiger partial charge in [-0.05, 0) is 37.3 Å². The van der Waals surface area contributed by atoms with E-state index < -0.39 is 5.97 Å². The van der Waals surface area contributed by atoms with Crippen LogP contribution in [0.1, 0.15) is 32.8 Å². The predicted octanol–water partition coefficient (Wildman–Crippen LogP) is 3.43. The molecule has 116 valence electrons. The first-order valence-electron chi connectivity index (χ1n) is 7.68. The van der Waals surface area contributed by atoms with E-state index in [0.717, 1.165) is 18.5 Å². The Morgan fingerprint density at radius 3 is 2.91 bits per heavy atom. The lowest BCUT2D eigenvalue weighted by molar-refractivity contribution is -0.138. The van der Waals surface area contributed by atoms with Crippen LogP contribution in [0, 0.1) is 17.2 Å². The number of nitrogens with zero attached hydrogens (tertiary/aromatic N) is 2. The number of carbonyl (C=O) groups is 1. The Morgan fingerprint density at radius 2 is 2.23 bits per heavy atom. The average Bonchev–Trinajstić information content (AvgIpc) is 2.79. The minimum atomic E-state index is -0.542. The predicted molar refractivity (Wildman–Crippen MR) is 86.2 cm³/mol. The molecule has 0 fully saturated rings. The number of hydrogen-bond acceptors (Lipinski definition) is 4. The van der Waals surface area contributed by atoms with Gasteiger partial charge in [-0.25, -0.2) is 4.79 Å². The fourth-order valence-corrected chi connectivity index (χ4v) is 2.52. The first kappa shape index (κ1) is 16.1. The van der Waals surface area contributed by atoms with Gasteiger partial charge in [0.05, 0.1) is 6.61 Å². The van der Waals surface area contributed by atoms with Crippen LogP contribution in [0.5, 0.6) is 0 Å². The van der Waals surface area contributed by atoms with Crippen LogP contribution in [-0.4, -0.2) is 18.6 Å². The van der Waals surface area contributed by atoms with Crippen molar-refractivity contribution >= 4 is 11.7 Å². The number of para-hydroxylation sites is 1. The molecule has 0 radical (unpaired) electrons. The summed E-state index contributed by atoms with van der Waals surface area (Å²) in [5, 5.41) is 9.25. The number of hydrogen-bond donors (Lipinski definition) is 0. The van der Waals surface area contributed by atoms with E-state index in [1.807, 2.05) is 29.2 Å². The van der Waals surface area contributed by atoms with Crippen molar-refractivity contribution in [3.8, 4) is 6.07 Å². The highest BCUT2D eigenvalue weighted by Gasteiger charge is 2.25. The summed E-state index contributed by atoms with van der Waals surface area (Å²) in [4.78, 5) is 14.0. The molecule has 0 bridgehead atoms. The molecule has 4 nitrogen and oxygen atoms in total. The first-order valence-corrected chi connectivity index (χ1v) is 7.68. The van der Waals surface area contributed by atoms with Crippen molar-refractivity contribution in [2.75, 3.05) is 11.5 Å². The molecule has 1 heterocycles. The standard InChI is InChI=1S/C18H22N2O2/c1-13(2)8-9-22-18(21)16(11-19)12-20-14(3)10-15-6-4-5-7-17(15)20/h4-7,12-14H,8-10H2,1-3H3/b16-12+. The van der Waals surface area contributed by atoms with Crippen LogP contribution in [0.15, 0.2) is 36.0 Å². The third kappa shape index (κ3) is 3.67. The molecule has 1 aliphatic heterocycles. The lowest BCUT2D eigenvalue weighted by Gasteiger charge is -2.20. The molecular formula is C18H22N2O2. The van der Waals surface area contributed by atoms with Crippen molar-refractivity contribution in [2.24, 2.45) is 5.92 Å². The molecule has 22 heavy (non-hydrogen) atoms. The Hall–Kier alpha value is -2.28. The van der Waals surface area contributed by atoms with Crippen molar-refractivity contribution in [3.05, 3.63) is 41.6 Å². The third-order valence-electron chi connectivity index (χ3n) is 3.80. The van der Waals surface area contributed by atoms with Gasteiger partial charge in [-0.15, -0.1) is 0 Å². The van der Waals surface area contributed by atoms with Crippen LogP contribution in [0.3, 0.4) is 0 Å². The molecule has 0 amide bonds. The van der Waals surface area contributed by atoms with Crippen molar-refractivity contribution in [1.82, 2.24) is 0 Å². The van der Waals surface area contributed by atoms with E-state index >= 15 is 0 Å². The lowest BCUT2D eigenvalue weighted by atomic mass is 10.1. The van der Waals surface area contributed by atoms with Crippen molar-refractivity contribution in [3.63, 3.8) is 0 Å². The van der Waals surface area contributed by atoms with E-state index in [4.69, 9.17) is 4.74 Å². The van der Waals surface area contributed by atoms with Gasteiger partial charge in [0, 0.05) is 17.9 Å². The highest BCUT2D eigenvalue weighted by Crippen LogP contribution is 2.32. The molecule has 1 unspecified atom stereocenters. The Labute approximate surface area is 132 Å². The molecule has 0 saturated carbocycles. The van der Waals surface area contributed by atoms with Crippen molar-refractivity contribution < 1.29 is 9.53 Å². The Balaban J connectivity index is 2.12. The summed E-state index contributed by atoms with van der Waals surface area (Å²) in [7, 11) is 0. The number of anilines is 1. The summed E-state index contributed by atoms with van der Waals surface area (Å²) < 4.78 is 5.18. The van der Waals surface area contributed by atoms with Crippen molar-refractivity contribution in [1.29, 1.82) is 5.26 Å². The smallest absolute Gasteiger partial charge is 0.350 e. The number of fused-ring (bicyclic) bond motifs is 1. The summed E-state index contributed by atoms with van der Waals surface area (Å²) in [5.74, 6) is -0.0764. The van der Waals surface area contributed by atoms with Gasteiger partial charge in [-0.3, -0.25) is 0 Å². The van der Waals surface area contributed by atoms with Crippen LogP contribution in [-0.2, 0) is 16.0 Å². The zero-order chi connectivity index (χ0) is 16.1. The van der Waals surface area contributed by atoms with Crippen LogP contribution in [0.2, 0.25) is 0 Å². The maximum Gasteiger partial charge on any atom is 0.350 e. The number of nitriles is 1. The monoisotopic (exact) mass is 298 g/mol. The fraction of sp³-hybridized carbons (Fsp3) is 0.444. The van der Waals surface area contributed by atoms with E-state index in [-0.39, 0.29) is 11.6 Å². The third-order valence-corrected chi connectivity index (χ3v) is 3.80. The van der Waals surface area contributed by atoms with Gasteiger partial charge in [0.1, 0.15) is 6.07 Å². The second-order valence-corrected chi connectivity index (χ2v) is 6.06. The van der Waals surface area contributed by atoms with E-state index in [0.29, 0.717) is 12.5 Å². The topological polar surface area (TPSA) is 53.3 Å².